The van der Waals surface area contributed by atoms with E-state index < -0.39 is 23.5 Å². The Morgan fingerprint density at radius 1 is 0.961 bits per heavy atom. The van der Waals surface area contributed by atoms with Crippen molar-refractivity contribution < 1.29 is 28.2 Å². The van der Waals surface area contributed by atoms with Crippen molar-refractivity contribution in [2.75, 3.05) is 37.7 Å². The highest BCUT2D eigenvalue weighted by atomic mass is 19.1. The summed E-state index contributed by atoms with van der Waals surface area (Å²) in [4.78, 5) is 23.0. The molecule has 51 heavy (non-hydrogen) atoms. The van der Waals surface area contributed by atoms with Crippen LogP contribution in [-0.2, 0) is 22.5 Å². The van der Waals surface area contributed by atoms with E-state index >= 15 is 4.39 Å². The standard InChI is InChI=1S/C42H55F2N3O4/c1-28-35(38(39(48)49)51-40(2,3)4)37(47-23-17-41(5,6)18-24-47)36(33(45-28)27-46-21-19-42(20-22-46)15-7-16-42)30-10-13-34(32(44)26-30)50-25-14-29-8-11-31(43)12-9-29/h8-13,26,38H,7,14-25,27H2,1-6H3,(H,48,49). The molecule has 3 heterocycles. The van der Waals surface area contributed by atoms with Gasteiger partial charge in [-0.25, -0.2) is 13.6 Å². The van der Waals surface area contributed by atoms with Gasteiger partial charge in [0.1, 0.15) is 5.82 Å². The van der Waals surface area contributed by atoms with Gasteiger partial charge < -0.3 is 19.5 Å². The van der Waals surface area contributed by atoms with Crippen LogP contribution < -0.4 is 9.64 Å². The van der Waals surface area contributed by atoms with E-state index in [-0.39, 0.29) is 23.6 Å². The third-order valence-electron chi connectivity index (χ3n) is 11.4. The number of ether oxygens (including phenoxy) is 2. The summed E-state index contributed by atoms with van der Waals surface area (Å²) in [5, 5.41) is 10.7. The number of rotatable bonds is 11. The van der Waals surface area contributed by atoms with Crippen LogP contribution in [0, 0.1) is 29.4 Å². The van der Waals surface area contributed by atoms with E-state index in [1.54, 1.807) is 18.2 Å². The molecule has 1 spiro atoms. The first kappa shape index (κ1) is 37.2. The lowest BCUT2D eigenvalue weighted by Gasteiger charge is -2.48. The van der Waals surface area contributed by atoms with Crippen LogP contribution in [0.15, 0.2) is 42.5 Å². The van der Waals surface area contributed by atoms with Crippen LogP contribution in [0.25, 0.3) is 11.1 Å². The van der Waals surface area contributed by atoms with Gasteiger partial charge in [-0.2, -0.15) is 0 Å². The molecular formula is C42H55F2N3O4. The molecule has 1 aliphatic carbocycles. The van der Waals surface area contributed by atoms with Crippen LogP contribution in [0.1, 0.15) is 108 Å². The van der Waals surface area contributed by atoms with E-state index in [1.807, 2.05) is 33.8 Å². The number of aryl methyl sites for hydroxylation is 1. The monoisotopic (exact) mass is 703 g/mol. The van der Waals surface area contributed by atoms with Crippen molar-refractivity contribution in [2.45, 2.75) is 111 Å². The smallest absolute Gasteiger partial charge is 0.337 e. The van der Waals surface area contributed by atoms with Crippen molar-refractivity contribution in [1.82, 2.24) is 9.88 Å². The van der Waals surface area contributed by atoms with E-state index in [0.29, 0.717) is 35.2 Å². The zero-order valence-corrected chi connectivity index (χ0v) is 31.3. The third-order valence-corrected chi connectivity index (χ3v) is 11.4. The first-order chi connectivity index (χ1) is 24.1. The number of benzene rings is 2. The lowest BCUT2D eigenvalue weighted by atomic mass is 9.63. The number of carbonyl (C=O) groups is 1. The molecule has 1 atom stereocenters. The number of hydrogen-bond acceptors (Lipinski definition) is 6. The lowest BCUT2D eigenvalue weighted by molar-refractivity contribution is -0.160. The first-order valence-electron chi connectivity index (χ1n) is 18.7. The van der Waals surface area contributed by atoms with Gasteiger partial charge in [-0.15, -0.1) is 0 Å². The average molecular weight is 704 g/mol. The molecule has 3 aromatic rings. The Bertz CT molecular complexity index is 1690. The molecule has 0 amide bonds. The Kier molecular flexibility index (Phi) is 10.8. The molecule has 7 nitrogen and oxygen atoms in total. The Balaban J connectivity index is 1.43. The summed E-state index contributed by atoms with van der Waals surface area (Å²) in [7, 11) is 0. The van der Waals surface area contributed by atoms with Gasteiger partial charge in [-0.1, -0.05) is 38.5 Å². The fourth-order valence-corrected chi connectivity index (χ4v) is 8.02. The molecule has 0 bridgehead atoms. The van der Waals surface area contributed by atoms with Gasteiger partial charge in [0.2, 0.25) is 0 Å². The van der Waals surface area contributed by atoms with Gasteiger partial charge in [0, 0.05) is 42.9 Å². The van der Waals surface area contributed by atoms with E-state index in [1.165, 1.54) is 50.3 Å². The molecule has 2 saturated heterocycles. The topological polar surface area (TPSA) is 75.1 Å². The molecule has 2 aliphatic heterocycles. The second kappa shape index (κ2) is 14.8. The normalized spacial score (nSPS) is 19.5. The molecule has 1 aromatic heterocycles. The summed E-state index contributed by atoms with van der Waals surface area (Å²) < 4.78 is 41.6. The minimum absolute atomic E-state index is 0.130. The minimum atomic E-state index is -1.26. The van der Waals surface area contributed by atoms with Crippen molar-refractivity contribution in [1.29, 1.82) is 0 Å². The van der Waals surface area contributed by atoms with Crippen molar-refractivity contribution in [3.8, 4) is 16.9 Å². The summed E-state index contributed by atoms with van der Waals surface area (Å²) in [5.41, 5.74) is 4.96. The van der Waals surface area contributed by atoms with Gasteiger partial charge in [0.25, 0.3) is 0 Å². The number of likely N-dealkylation sites (tertiary alicyclic amines) is 1. The van der Waals surface area contributed by atoms with Crippen molar-refractivity contribution in [3.63, 3.8) is 0 Å². The molecule has 276 valence electrons. The quantitative estimate of drug-likeness (QED) is 0.213. The maximum atomic E-state index is 16.1. The summed E-state index contributed by atoms with van der Waals surface area (Å²) in [5.74, 6) is -1.75. The molecule has 1 unspecified atom stereocenters. The lowest BCUT2D eigenvalue weighted by Crippen LogP contribution is -2.43. The summed E-state index contributed by atoms with van der Waals surface area (Å²) in [6.07, 6.45) is 7.41. The Labute approximate surface area is 302 Å². The zero-order chi connectivity index (χ0) is 36.6. The predicted octanol–water partition coefficient (Wildman–Crippen LogP) is 9.29. The largest absolute Gasteiger partial charge is 0.490 e. The van der Waals surface area contributed by atoms with Gasteiger partial charge in [0.15, 0.2) is 17.7 Å². The number of piperidine rings is 2. The third kappa shape index (κ3) is 8.74. The van der Waals surface area contributed by atoms with E-state index in [4.69, 9.17) is 14.5 Å². The fourth-order valence-electron chi connectivity index (χ4n) is 8.02. The molecule has 6 rings (SSSR count). The number of nitrogens with zero attached hydrogens (tertiary/aromatic N) is 3. The SMILES string of the molecule is Cc1nc(CN2CCC3(CCC3)CC2)c(-c2ccc(OCCc3ccc(F)cc3)c(F)c2)c(N2CCC(C)(C)CC2)c1C(OC(C)(C)C)C(=O)O. The van der Waals surface area contributed by atoms with Crippen LogP contribution in [0.3, 0.4) is 0 Å². The van der Waals surface area contributed by atoms with Crippen molar-refractivity contribution >= 4 is 11.7 Å². The molecule has 3 aliphatic rings. The zero-order valence-electron chi connectivity index (χ0n) is 31.3. The van der Waals surface area contributed by atoms with Crippen LogP contribution in [-0.4, -0.2) is 59.3 Å². The van der Waals surface area contributed by atoms with Crippen LogP contribution in [0.5, 0.6) is 5.75 Å². The van der Waals surface area contributed by atoms with Crippen molar-refractivity contribution in [3.05, 3.63) is 76.6 Å². The number of carboxylic acids is 1. The van der Waals surface area contributed by atoms with E-state index in [2.05, 4.69) is 23.6 Å². The summed E-state index contributed by atoms with van der Waals surface area (Å²) in [6.45, 7) is 16.3. The molecule has 9 heteroatoms. The second-order valence-electron chi connectivity index (χ2n) is 16.9. The van der Waals surface area contributed by atoms with E-state index in [0.717, 1.165) is 61.5 Å². The first-order valence-corrected chi connectivity index (χ1v) is 18.7. The number of halogens is 2. The van der Waals surface area contributed by atoms with E-state index in [9.17, 15) is 14.3 Å². The summed E-state index contributed by atoms with van der Waals surface area (Å²) >= 11 is 0. The Morgan fingerprint density at radius 3 is 2.20 bits per heavy atom. The highest BCUT2D eigenvalue weighted by Crippen LogP contribution is 2.50. The molecule has 1 N–H and O–H groups in total. The number of pyridine rings is 1. The minimum Gasteiger partial charge on any atom is -0.490 e. The van der Waals surface area contributed by atoms with Gasteiger partial charge in [-0.05, 0) is 126 Å². The Morgan fingerprint density at radius 2 is 1.63 bits per heavy atom. The van der Waals surface area contributed by atoms with Gasteiger partial charge in [-0.3, -0.25) is 9.88 Å². The fraction of sp³-hybridized carbons (Fsp3) is 0.571. The number of aliphatic carboxylic acids is 1. The molecule has 0 radical (unpaired) electrons. The molecular weight excluding hydrogens is 648 g/mol. The molecule has 2 aromatic carbocycles. The number of aromatic nitrogens is 1. The highest BCUT2D eigenvalue weighted by molar-refractivity contribution is 5.88. The molecule has 1 saturated carbocycles. The average Bonchev–Trinajstić information content (AvgIpc) is 3.04. The predicted molar refractivity (Wildman–Crippen MR) is 197 cm³/mol. The highest BCUT2D eigenvalue weighted by Gasteiger charge is 2.41. The maximum absolute atomic E-state index is 16.1. The van der Waals surface area contributed by atoms with Crippen LogP contribution >= 0.6 is 0 Å². The van der Waals surface area contributed by atoms with Gasteiger partial charge >= 0.3 is 5.97 Å². The molecule has 3 fully saturated rings. The number of anilines is 1. The van der Waals surface area contributed by atoms with Crippen molar-refractivity contribution in [2.24, 2.45) is 10.8 Å². The Hall–Kier alpha value is -3.56. The van der Waals surface area contributed by atoms with Gasteiger partial charge in [0.05, 0.1) is 23.6 Å². The maximum Gasteiger partial charge on any atom is 0.337 e. The summed E-state index contributed by atoms with van der Waals surface area (Å²) in [6, 6.07) is 11.2. The van der Waals surface area contributed by atoms with Crippen LogP contribution in [0.2, 0.25) is 0 Å². The van der Waals surface area contributed by atoms with Crippen LogP contribution in [0.4, 0.5) is 14.5 Å². The number of hydrogen-bond donors (Lipinski definition) is 1. The second-order valence-corrected chi connectivity index (χ2v) is 16.9. The number of carboxylic acid groups (broad SMARTS) is 1.